The molecule has 0 spiro atoms. The summed E-state index contributed by atoms with van der Waals surface area (Å²) in [6.07, 6.45) is 2.22. The van der Waals surface area contributed by atoms with E-state index in [9.17, 15) is 4.79 Å². The third-order valence-corrected chi connectivity index (χ3v) is 3.90. The summed E-state index contributed by atoms with van der Waals surface area (Å²) in [7, 11) is 0. The summed E-state index contributed by atoms with van der Waals surface area (Å²) < 4.78 is 5.19. The van der Waals surface area contributed by atoms with Crippen LogP contribution in [-0.4, -0.2) is 40.8 Å². The molecule has 1 aromatic carbocycles. The Kier molecular flexibility index (Phi) is 6.30. The van der Waals surface area contributed by atoms with Gasteiger partial charge in [-0.2, -0.15) is 11.8 Å². The number of amides is 1. The SMILES string of the molecule is O=C(NCCSCCCO)c1cnoc1-c1ccccc1. The standard InChI is InChI=1S/C15H18N2O3S/c18-8-4-9-21-10-7-16-15(19)13-11-17-20-14(13)12-5-2-1-3-6-12/h1-3,5-6,11,18H,4,7-10H2,(H,16,19). The van der Waals surface area contributed by atoms with Crippen molar-refractivity contribution in [3.63, 3.8) is 0 Å². The van der Waals surface area contributed by atoms with Crippen molar-refractivity contribution in [2.24, 2.45) is 0 Å². The average molecular weight is 306 g/mol. The highest BCUT2D eigenvalue weighted by atomic mass is 32.2. The van der Waals surface area contributed by atoms with Crippen LogP contribution < -0.4 is 5.32 Å². The normalized spacial score (nSPS) is 10.5. The Bertz CT molecular complexity index is 557. The minimum Gasteiger partial charge on any atom is -0.396 e. The number of nitrogens with one attached hydrogen (secondary N) is 1. The molecule has 0 aliphatic carbocycles. The molecule has 1 heterocycles. The van der Waals surface area contributed by atoms with Crippen LogP contribution in [0.2, 0.25) is 0 Å². The molecular formula is C15H18N2O3S. The predicted molar refractivity (Wildman–Crippen MR) is 83.3 cm³/mol. The van der Waals surface area contributed by atoms with Gasteiger partial charge in [-0.1, -0.05) is 35.5 Å². The lowest BCUT2D eigenvalue weighted by Crippen LogP contribution is -2.25. The predicted octanol–water partition coefficient (Wildman–Crippen LogP) is 2.19. The Balaban J connectivity index is 1.88. The summed E-state index contributed by atoms with van der Waals surface area (Å²) >= 11 is 1.70. The van der Waals surface area contributed by atoms with Gasteiger partial charge in [-0.3, -0.25) is 4.79 Å². The molecule has 1 amide bonds. The number of aliphatic hydroxyl groups is 1. The van der Waals surface area contributed by atoms with Crippen LogP contribution in [-0.2, 0) is 0 Å². The second-order valence-corrected chi connectivity index (χ2v) is 5.60. The van der Waals surface area contributed by atoms with E-state index in [-0.39, 0.29) is 12.5 Å². The first-order valence-electron chi connectivity index (χ1n) is 6.80. The zero-order valence-electron chi connectivity index (χ0n) is 11.6. The number of nitrogens with zero attached hydrogens (tertiary/aromatic N) is 1. The molecule has 0 fully saturated rings. The van der Waals surface area contributed by atoms with Crippen LogP contribution in [0.15, 0.2) is 41.1 Å². The second-order valence-electron chi connectivity index (χ2n) is 4.38. The summed E-state index contributed by atoms with van der Waals surface area (Å²) in [6.45, 7) is 0.787. The van der Waals surface area contributed by atoms with E-state index >= 15 is 0 Å². The molecule has 0 bridgehead atoms. The quantitative estimate of drug-likeness (QED) is 0.731. The maximum absolute atomic E-state index is 12.1. The highest BCUT2D eigenvalue weighted by Crippen LogP contribution is 2.22. The zero-order chi connectivity index (χ0) is 14.9. The first-order valence-corrected chi connectivity index (χ1v) is 7.95. The Morgan fingerprint density at radius 3 is 2.86 bits per heavy atom. The lowest BCUT2D eigenvalue weighted by Gasteiger charge is -2.04. The summed E-state index contributed by atoms with van der Waals surface area (Å²) in [5, 5.41) is 15.2. The van der Waals surface area contributed by atoms with Crippen LogP contribution in [0.3, 0.4) is 0 Å². The van der Waals surface area contributed by atoms with Gasteiger partial charge in [0.15, 0.2) is 5.76 Å². The first-order chi connectivity index (χ1) is 10.3. The molecule has 0 unspecified atom stereocenters. The van der Waals surface area contributed by atoms with Crippen LogP contribution in [0.5, 0.6) is 0 Å². The number of rotatable bonds is 8. The van der Waals surface area contributed by atoms with Crippen molar-refractivity contribution in [1.29, 1.82) is 0 Å². The topological polar surface area (TPSA) is 75.4 Å². The smallest absolute Gasteiger partial charge is 0.256 e. The first kappa shape index (κ1) is 15.6. The molecule has 112 valence electrons. The average Bonchev–Trinajstić information content (AvgIpc) is 3.01. The number of carbonyl (C=O) groups is 1. The number of aromatic nitrogens is 1. The Hall–Kier alpha value is -1.79. The molecule has 0 saturated carbocycles. The number of aliphatic hydroxyl groups excluding tert-OH is 1. The highest BCUT2D eigenvalue weighted by molar-refractivity contribution is 7.99. The van der Waals surface area contributed by atoms with Crippen molar-refractivity contribution in [1.82, 2.24) is 10.5 Å². The van der Waals surface area contributed by atoms with Crippen molar-refractivity contribution >= 4 is 17.7 Å². The summed E-state index contributed by atoms with van der Waals surface area (Å²) in [5.74, 6) is 2.02. The molecule has 0 aliphatic rings. The van der Waals surface area contributed by atoms with Crippen molar-refractivity contribution in [3.8, 4) is 11.3 Å². The van der Waals surface area contributed by atoms with Gasteiger partial charge < -0.3 is 14.9 Å². The monoisotopic (exact) mass is 306 g/mol. The molecule has 0 radical (unpaired) electrons. The summed E-state index contributed by atoms with van der Waals surface area (Å²) in [5.41, 5.74) is 1.28. The molecule has 0 saturated heterocycles. The van der Waals surface area contributed by atoms with Crippen molar-refractivity contribution in [3.05, 3.63) is 42.1 Å². The van der Waals surface area contributed by atoms with Crippen LogP contribution in [0.4, 0.5) is 0 Å². The van der Waals surface area contributed by atoms with Crippen LogP contribution >= 0.6 is 11.8 Å². The zero-order valence-corrected chi connectivity index (χ0v) is 12.4. The molecule has 0 aliphatic heterocycles. The Morgan fingerprint density at radius 1 is 1.29 bits per heavy atom. The van der Waals surface area contributed by atoms with Gasteiger partial charge in [0.05, 0.1) is 6.20 Å². The number of thioether (sulfide) groups is 1. The van der Waals surface area contributed by atoms with Crippen molar-refractivity contribution in [2.45, 2.75) is 6.42 Å². The molecule has 2 N–H and O–H groups in total. The lowest BCUT2D eigenvalue weighted by atomic mass is 10.1. The molecule has 6 heteroatoms. The van der Waals surface area contributed by atoms with Gasteiger partial charge in [-0.15, -0.1) is 0 Å². The Morgan fingerprint density at radius 2 is 2.10 bits per heavy atom. The fraction of sp³-hybridized carbons (Fsp3) is 0.333. The lowest BCUT2D eigenvalue weighted by molar-refractivity contribution is 0.0956. The number of carbonyl (C=O) groups excluding carboxylic acids is 1. The largest absolute Gasteiger partial charge is 0.396 e. The fourth-order valence-electron chi connectivity index (χ4n) is 1.80. The van der Waals surface area contributed by atoms with Gasteiger partial charge >= 0.3 is 0 Å². The van der Waals surface area contributed by atoms with E-state index in [0.29, 0.717) is 17.9 Å². The van der Waals surface area contributed by atoms with Crippen molar-refractivity contribution in [2.75, 3.05) is 24.7 Å². The van der Waals surface area contributed by atoms with E-state index in [0.717, 1.165) is 23.5 Å². The second kappa shape index (κ2) is 8.49. The van der Waals surface area contributed by atoms with Gasteiger partial charge in [-0.05, 0) is 12.2 Å². The minimum atomic E-state index is -0.183. The van der Waals surface area contributed by atoms with Gasteiger partial charge in [0.25, 0.3) is 5.91 Å². The molecule has 2 rings (SSSR count). The van der Waals surface area contributed by atoms with Crippen molar-refractivity contribution < 1.29 is 14.4 Å². The molecule has 1 aromatic heterocycles. The maximum atomic E-state index is 12.1. The van der Waals surface area contributed by atoms with Crippen LogP contribution in [0.1, 0.15) is 16.8 Å². The maximum Gasteiger partial charge on any atom is 0.256 e. The van der Waals surface area contributed by atoms with Gasteiger partial charge in [0, 0.05) is 24.5 Å². The van der Waals surface area contributed by atoms with Gasteiger partial charge in [-0.25, -0.2) is 0 Å². The molecule has 2 aromatic rings. The number of benzene rings is 1. The molecular weight excluding hydrogens is 288 g/mol. The van der Waals surface area contributed by atoms with E-state index in [1.54, 1.807) is 11.8 Å². The fourth-order valence-corrected chi connectivity index (χ4v) is 2.58. The number of hydrogen-bond acceptors (Lipinski definition) is 5. The third kappa shape index (κ3) is 4.61. The van der Waals surface area contributed by atoms with Crippen LogP contribution in [0.25, 0.3) is 11.3 Å². The summed E-state index contributed by atoms with van der Waals surface area (Å²) in [4.78, 5) is 12.1. The molecule has 21 heavy (non-hydrogen) atoms. The van der Waals surface area contributed by atoms with Crippen LogP contribution in [0, 0.1) is 0 Å². The van der Waals surface area contributed by atoms with E-state index in [1.165, 1.54) is 6.20 Å². The highest BCUT2D eigenvalue weighted by Gasteiger charge is 2.17. The van der Waals surface area contributed by atoms with E-state index < -0.39 is 0 Å². The van der Waals surface area contributed by atoms with Gasteiger partial charge in [0.2, 0.25) is 0 Å². The summed E-state index contributed by atoms with van der Waals surface area (Å²) in [6, 6.07) is 9.43. The van der Waals surface area contributed by atoms with E-state index in [1.807, 2.05) is 30.3 Å². The number of hydrogen-bond donors (Lipinski definition) is 2. The molecule has 0 atom stereocenters. The minimum absolute atomic E-state index is 0.183. The van der Waals surface area contributed by atoms with E-state index in [4.69, 9.17) is 9.63 Å². The third-order valence-electron chi connectivity index (χ3n) is 2.83. The van der Waals surface area contributed by atoms with E-state index in [2.05, 4.69) is 10.5 Å². The molecule has 5 nitrogen and oxygen atoms in total. The Labute approximate surface area is 127 Å². The van der Waals surface area contributed by atoms with Gasteiger partial charge in [0.1, 0.15) is 5.56 Å².